The molecule has 38 heavy (non-hydrogen) atoms. The van der Waals surface area contributed by atoms with Gasteiger partial charge in [0.1, 0.15) is 41.4 Å². The second kappa shape index (κ2) is 11.1. The number of ether oxygens (including phenoxy) is 1. The summed E-state index contributed by atoms with van der Waals surface area (Å²) < 4.78 is 11.1. The number of nitrogens with two attached hydrogens (primary N) is 1. The van der Waals surface area contributed by atoms with Crippen molar-refractivity contribution >= 4 is 40.2 Å². The first-order valence-corrected chi connectivity index (χ1v) is 12.9. The zero-order valence-electron chi connectivity index (χ0n) is 20.2. The summed E-state index contributed by atoms with van der Waals surface area (Å²) in [5, 5.41) is 20.9. The Hall–Kier alpha value is -4.17. The predicted octanol–water partition coefficient (Wildman–Crippen LogP) is 5.43. The van der Waals surface area contributed by atoms with Gasteiger partial charge in [-0.2, -0.15) is 5.26 Å². The average molecular weight is 545 g/mol. The Morgan fingerprint density at radius 1 is 1.05 bits per heavy atom. The van der Waals surface area contributed by atoms with Crippen molar-refractivity contribution in [2.45, 2.75) is 17.7 Å². The van der Waals surface area contributed by atoms with Gasteiger partial charge in [0.25, 0.3) is 0 Å². The summed E-state index contributed by atoms with van der Waals surface area (Å²) in [6, 6.07) is 16.7. The summed E-state index contributed by atoms with van der Waals surface area (Å²) in [5.41, 5.74) is 9.88. The summed E-state index contributed by atoms with van der Waals surface area (Å²) in [6.07, 6.45) is 1.58. The van der Waals surface area contributed by atoms with Crippen LogP contribution in [0, 0.1) is 18.3 Å². The van der Waals surface area contributed by atoms with Gasteiger partial charge in [0.05, 0.1) is 23.3 Å². The standard InChI is InChI=1S/C27H21ClN6O3S/c1-15-31-24(30)23-22(16-4-8-20(9-5-16)36-11-10-35)21(12-29)27(34-25(23)32-15)38-14-19-13-37-26(33-19)17-2-6-18(28)7-3-17/h2-9,13,35H,10-11,14H2,1H3,(H2,30,31,32,34). The molecule has 3 N–H and O–H groups in total. The number of fused-ring (bicyclic) bond motifs is 1. The van der Waals surface area contributed by atoms with E-state index < -0.39 is 0 Å². The van der Waals surface area contributed by atoms with Crippen LogP contribution in [0.2, 0.25) is 5.02 Å². The Kier molecular flexibility index (Phi) is 7.42. The Morgan fingerprint density at radius 3 is 2.50 bits per heavy atom. The molecule has 0 aliphatic heterocycles. The van der Waals surface area contributed by atoms with Crippen LogP contribution in [0.25, 0.3) is 33.6 Å². The van der Waals surface area contributed by atoms with Crippen molar-refractivity contribution in [1.29, 1.82) is 5.26 Å². The van der Waals surface area contributed by atoms with Crippen molar-refractivity contribution in [2.24, 2.45) is 0 Å². The number of nitrogen functional groups attached to an aromatic ring is 1. The number of rotatable bonds is 8. The van der Waals surface area contributed by atoms with E-state index in [1.54, 1.807) is 37.5 Å². The first kappa shape index (κ1) is 25.5. The van der Waals surface area contributed by atoms with E-state index in [1.807, 2.05) is 24.3 Å². The number of thioether (sulfide) groups is 1. The number of nitriles is 1. The molecule has 5 aromatic rings. The van der Waals surface area contributed by atoms with Crippen molar-refractivity contribution < 1.29 is 14.3 Å². The highest BCUT2D eigenvalue weighted by Crippen LogP contribution is 2.39. The number of aliphatic hydroxyl groups excluding tert-OH is 1. The highest BCUT2D eigenvalue weighted by atomic mass is 35.5. The number of pyridine rings is 1. The number of hydrogen-bond acceptors (Lipinski definition) is 10. The maximum Gasteiger partial charge on any atom is 0.226 e. The van der Waals surface area contributed by atoms with Crippen LogP contribution in [0.5, 0.6) is 5.75 Å². The number of anilines is 1. The van der Waals surface area contributed by atoms with E-state index >= 15 is 0 Å². The van der Waals surface area contributed by atoms with Gasteiger partial charge in [-0.25, -0.2) is 19.9 Å². The molecule has 0 spiro atoms. The first-order chi connectivity index (χ1) is 18.5. The number of aromatic nitrogens is 4. The van der Waals surface area contributed by atoms with Crippen molar-refractivity contribution in [3.63, 3.8) is 0 Å². The monoisotopic (exact) mass is 544 g/mol. The molecule has 9 nitrogen and oxygen atoms in total. The Morgan fingerprint density at radius 2 is 1.79 bits per heavy atom. The molecule has 0 fully saturated rings. The van der Waals surface area contributed by atoms with Crippen molar-refractivity contribution in [2.75, 3.05) is 18.9 Å². The predicted molar refractivity (Wildman–Crippen MR) is 146 cm³/mol. The molecule has 3 aromatic heterocycles. The molecule has 0 atom stereocenters. The largest absolute Gasteiger partial charge is 0.491 e. The van der Waals surface area contributed by atoms with E-state index in [2.05, 4.69) is 26.0 Å². The Labute approximate surface area is 227 Å². The zero-order valence-corrected chi connectivity index (χ0v) is 21.8. The topological polar surface area (TPSA) is 144 Å². The minimum Gasteiger partial charge on any atom is -0.491 e. The fourth-order valence-corrected chi connectivity index (χ4v) is 4.89. The van der Waals surface area contributed by atoms with Crippen molar-refractivity contribution in [3.05, 3.63) is 76.9 Å². The summed E-state index contributed by atoms with van der Waals surface area (Å²) in [5.74, 6) is 2.21. The lowest BCUT2D eigenvalue weighted by Crippen LogP contribution is -2.04. The van der Waals surface area contributed by atoms with E-state index in [-0.39, 0.29) is 19.0 Å². The minimum absolute atomic E-state index is 0.0875. The van der Waals surface area contributed by atoms with E-state index in [0.29, 0.717) is 61.1 Å². The second-order valence-corrected chi connectivity index (χ2v) is 9.57. The number of aliphatic hydroxyl groups is 1. The van der Waals surface area contributed by atoms with Gasteiger partial charge in [-0.15, -0.1) is 0 Å². The lowest BCUT2D eigenvalue weighted by atomic mass is 9.98. The van der Waals surface area contributed by atoms with Gasteiger partial charge in [0.15, 0.2) is 5.65 Å². The van der Waals surface area contributed by atoms with Crippen LogP contribution in [-0.4, -0.2) is 38.3 Å². The van der Waals surface area contributed by atoms with Gasteiger partial charge in [-0.05, 0) is 48.9 Å². The molecule has 0 radical (unpaired) electrons. The summed E-state index contributed by atoms with van der Waals surface area (Å²) >= 11 is 7.33. The third-order valence-electron chi connectivity index (χ3n) is 5.57. The lowest BCUT2D eigenvalue weighted by Gasteiger charge is -2.14. The van der Waals surface area contributed by atoms with E-state index in [9.17, 15) is 5.26 Å². The van der Waals surface area contributed by atoms with Gasteiger partial charge < -0.3 is 20.0 Å². The molecule has 0 aliphatic rings. The normalized spacial score (nSPS) is 11.0. The van der Waals surface area contributed by atoms with Gasteiger partial charge in [-0.3, -0.25) is 0 Å². The summed E-state index contributed by atoms with van der Waals surface area (Å²) in [6.45, 7) is 1.84. The number of oxazole rings is 1. The van der Waals surface area contributed by atoms with Crippen LogP contribution >= 0.6 is 23.4 Å². The first-order valence-electron chi connectivity index (χ1n) is 11.5. The summed E-state index contributed by atoms with van der Waals surface area (Å²) in [7, 11) is 0. The SMILES string of the molecule is Cc1nc(N)c2c(-c3ccc(OCCO)cc3)c(C#N)c(SCc3coc(-c4ccc(Cl)cc4)n3)nc2n1. The third-order valence-corrected chi connectivity index (χ3v) is 6.83. The smallest absolute Gasteiger partial charge is 0.226 e. The number of aryl methyl sites for hydroxylation is 1. The van der Waals surface area contributed by atoms with Crippen LogP contribution < -0.4 is 10.5 Å². The number of benzene rings is 2. The molecular weight excluding hydrogens is 524 g/mol. The summed E-state index contributed by atoms with van der Waals surface area (Å²) in [4.78, 5) is 18.1. The van der Waals surface area contributed by atoms with Crippen molar-refractivity contribution in [3.8, 4) is 34.4 Å². The molecule has 11 heteroatoms. The highest BCUT2D eigenvalue weighted by molar-refractivity contribution is 7.98. The molecule has 2 aromatic carbocycles. The third kappa shape index (κ3) is 5.26. The van der Waals surface area contributed by atoms with Crippen LogP contribution in [0.1, 0.15) is 17.1 Å². The van der Waals surface area contributed by atoms with E-state index in [0.717, 1.165) is 11.1 Å². The van der Waals surface area contributed by atoms with Gasteiger partial charge in [-0.1, -0.05) is 35.5 Å². The quantitative estimate of drug-likeness (QED) is 0.243. The number of nitrogens with zero attached hydrogens (tertiary/aromatic N) is 5. The molecule has 0 aliphatic carbocycles. The Bertz CT molecular complexity index is 1650. The minimum atomic E-state index is -0.0875. The van der Waals surface area contributed by atoms with Crippen LogP contribution in [0.4, 0.5) is 5.82 Å². The number of hydrogen-bond donors (Lipinski definition) is 2. The molecule has 5 rings (SSSR count). The van der Waals surface area contributed by atoms with Gasteiger partial charge >= 0.3 is 0 Å². The molecule has 0 amide bonds. The van der Waals surface area contributed by atoms with Gasteiger partial charge in [0.2, 0.25) is 5.89 Å². The van der Waals surface area contributed by atoms with Crippen LogP contribution in [0.15, 0.2) is 64.2 Å². The fourth-order valence-electron chi connectivity index (χ4n) is 3.90. The molecule has 3 heterocycles. The molecule has 0 bridgehead atoms. The van der Waals surface area contributed by atoms with Crippen molar-refractivity contribution in [1.82, 2.24) is 19.9 Å². The van der Waals surface area contributed by atoms with E-state index in [1.165, 1.54) is 11.8 Å². The number of halogens is 1. The maximum atomic E-state index is 10.2. The average Bonchev–Trinajstić information content (AvgIpc) is 3.39. The fraction of sp³-hybridized carbons (Fsp3) is 0.148. The lowest BCUT2D eigenvalue weighted by molar-refractivity contribution is 0.201. The highest BCUT2D eigenvalue weighted by Gasteiger charge is 2.21. The molecule has 190 valence electrons. The zero-order chi connectivity index (χ0) is 26.6. The van der Waals surface area contributed by atoms with Crippen LogP contribution in [0.3, 0.4) is 0 Å². The molecular formula is C27H21ClN6O3S. The molecule has 0 saturated heterocycles. The maximum absolute atomic E-state index is 10.2. The van der Waals surface area contributed by atoms with Gasteiger partial charge in [0, 0.05) is 21.9 Å². The molecule has 0 unspecified atom stereocenters. The second-order valence-electron chi connectivity index (χ2n) is 8.17. The van der Waals surface area contributed by atoms with E-state index in [4.69, 9.17) is 31.6 Å². The van der Waals surface area contributed by atoms with Crippen LogP contribution in [-0.2, 0) is 5.75 Å². The Balaban J connectivity index is 1.53. The molecule has 0 saturated carbocycles.